The highest BCUT2D eigenvalue weighted by molar-refractivity contribution is 6.30. The van der Waals surface area contributed by atoms with Crippen molar-refractivity contribution < 1.29 is 4.79 Å². The molecule has 2 amide bonds. The van der Waals surface area contributed by atoms with Crippen LogP contribution in [0.5, 0.6) is 0 Å². The summed E-state index contributed by atoms with van der Waals surface area (Å²) in [5.41, 5.74) is 1.17. The van der Waals surface area contributed by atoms with E-state index < -0.39 is 5.56 Å². The summed E-state index contributed by atoms with van der Waals surface area (Å²) >= 11 is 5.87. The Hall–Kier alpha value is -3.83. The molecule has 0 unspecified atom stereocenters. The van der Waals surface area contributed by atoms with Gasteiger partial charge in [-0.15, -0.1) is 0 Å². The number of hydrogen-bond donors (Lipinski definition) is 4. The van der Waals surface area contributed by atoms with Crippen LogP contribution in [0.2, 0.25) is 5.02 Å². The lowest BCUT2D eigenvalue weighted by atomic mass is 10.1. The van der Waals surface area contributed by atoms with Crippen molar-refractivity contribution in [2.45, 2.75) is 0 Å². The Bertz CT molecular complexity index is 1120. The maximum Gasteiger partial charge on any atom is 0.318 e. The van der Waals surface area contributed by atoms with Gasteiger partial charge in [-0.2, -0.15) is 5.26 Å². The molecule has 0 saturated carbocycles. The summed E-state index contributed by atoms with van der Waals surface area (Å²) in [6.45, 7) is 0. The lowest BCUT2D eigenvalue weighted by Gasteiger charge is -2.10. The lowest BCUT2D eigenvalue weighted by molar-refractivity contribution is 0.254. The van der Waals surface area contributed by atoms with Crippen LogP contribution >= 0.6 is 11.6 Å². The van der Waals surface area contributed by atoms with Gasteiger partial charge < -0.3 is 16.0 Å². The molecule has 0 aliphatic heterocycles. The second-order valence-corrected chi connectivity index (χ2v) is 6.10. The molecule has 0 spiro atoms. The highest BCUT2D eigenvalue weighted by Gasteiger charge is 2.14. The van der Waals surface area contributed by atoms with Crippen LogP contribution in [0, 0.1) is 11.3 Å². The number of rotatable bonds is 4. The first-order chi connectivity index (χ1) is 13.5. The highest BCUT2D eigenvalue weighted by atomic mass is 35.5. The number of anilines is 3. The first kappa shape index (κ1) is 18.9. The molecule has 0 atom stereocenters. The van der Waals surface area contributed by atoms with E-state index in [0.717, 1.165) is 0 Å². The third-order valence-electron chi connectivity index (χ3n) is 3.76. The molecular formula is C19H15ClN6O2. The molecule has 28 heavy (non-hydrogen) atoms. The topological polar surface area (TPSA) is 123 Å². The number of nitrogens with zero attached hydrogens (tertiary/aromatic N) is 2. The van der Waals surface area contributed by atoms with Gasteiger partial charge in [0.15, 0.2) is 0 Å². The minimum atomic E-state index is -0.575. The van der Waals surface area contributed by atoms with Crippen LogP contribution in [0.1, 0.15) is 5.56 Å². The molecule has 9 heteroatoms. The van der Waals surface area contributed by atoms with Gasteiger partial charge in [0, 0.05) is 29.0 Å². The zero-order chi connectivity index (χ0) is 20.1. The molecule has 0 aliphatic rings. The van der Waals surface area contributed by atoms with Crippen molar-refractivity contribution in [3.05, 3.63) is 69.5 Å². The molecule has 0 bridgehead atoms. The van der Waals surface area contributed by atoms with E-state index in [2.05, 4.69) is 25.9 Å². The van der Waals surface area contributed by atoms with Crippen molar-refractivity contribution in [3.63, 3.8) is 0 Å². The smallest absolute Gasteiger partial charge is 0.318 e. The number of hydrogen-bond acceptors (Lipinski definition) is 5. The van der Waals surface area contributed by atoms with E-state index in [1.54, 1.807) is 48.5 Å². The second kappa shape index (κ2) is 8.24. The number of H-pyrrole nitrogens is 1. The third-order valence-corrected chi connectivity index (χ3v) is 4.01. The Balaban J connectivity index is 2.02. The van der Waals surface area contributed by atoms with Crippen molar-refractivity contribution in [2.24, 2.45) is 0 Å². The number of amides is 2. The molecule has 2 aromatic carbocycles. The largest absolute Gasteiger partial charge is 0.341 e. The minimum absolute atomic E-state index is 0.126. The van der Waals surface area contributed by atoms with E-state index in [9.17, 15) is 14.9 Å². The van der Waals surface area contributed by atoms with Gasteiger partial charge in [-0.05, 0) is 36.4 Å². The number of nitrogens with one attached hydrogen (secondary N) is 4. The van der Waals surface area contributed by atoms with Gasteiger partial charge in [0.2, 0.25) is 5.95 Å². The Kier molecular flexibility index (Phi) is 5.58. The monoisotopic (exact) mass is 394 g/mol. The van der Waals surface area contributed by atoms with Crippen LogP contribution in [-0.2, 0) is 0 Å². The number of nitriles is 1. The van der Waals surface area contributed by atoms with Crippen LogP contribution in [0.25, 0.3) is 11.3 Å². The predicted molar refractivity (Wildman–Crippen MR) is 108 cm³/mol. The zero-order valence-electron chi connectivity index (χ0n) is 14.7. The first-order valence-corrected chi connectivity index (χ1v) is 8.54. The summed E-state index contributed by atoms with van der Waals surface area (Å²) in [7, 11) is 1.50. The molecule has 8 nitrogen and oxygen atoms in total. The fraction of sp³-hybridized carbons (Fsp3) is 0.0526. The van der Waals surface area contributed by atoms with Crippen LogP contribution in [0.3, 0.4) is 0 Å². The SMILES string of the molecule is CNC(=O)Nc1cccc(-c2nc(Nc3ccc(Cl)cc3)[nH]c(=O)c2C#N)c1. The number of benzene rings is 2. The molecule has 0 radical (unpaired) electrons. The molecule has 0 aliphatic carbocycles. The van der Waals surface area contributed by atoms with E-state index in [-0.39, 0.29) is 23.2 Å². The van der Waals surface area contributed by atoms with Gasteiger partial charge in [0.05, 0.1) is 5.69 Å². The van der Waals surface area contributed by atoms with Crippen LogP contribution < -0.4 is 21.5 Å². The van der Waals surface area contributed by atoms with Crippen molar-refractivity contribution in [2.75, 3.05) is 17.7 Å². The number of urea groups is 1. The third kappa shape index (κ3) is 4.28. The molecule has 1 aromatic heterocycles. The lowest BCUT2D eigenvalue weighted by Crippen LogP contribution is -2.24. The molecule has 140 valence electrons. The molecule has 3 rings (SSSR count). The predicted octanol–water partition coefficient (Wildman–Crippen LogP) is 3.46. The summed E-state index contributed by atoms with van der Waals surface area (Å²) in [5.74, 6) is 0.172. The summed E-state index contributed by atoms with van der Waals surface area (Å²) in [6.07, 6.45) is 0. The molecule has 4 N–H and O–H groups in total. The highest BCUT2D eigenvalue weighted by Crippen LogP contribution is 2.24. The van der Waals surface area contributed by atoms with Crippen molar-refractivity contribution >= 4 is 35.0 Å². The maximum absolute atomic E-state index is 12.4. The Labute approximate surface area is 165 Å². The average Bonchev–Trinajstić information content (AvgIpc) is 2.69. The Morgan fingerprint density at radius 2 is 1.93 bits per heavy atom. The van der Waals surface area contributed by atoms with Gasteiger partial charge in [-0.25, -0.2) is 9.78 Å². The average molecular weight is 395 g/mol. The zero-order valence-corrected chi connectivity index (χ0v) is 15.5. The summed E-state index contributed by atoms with van der Waals surface area (Å²) in [6, 6.07) is 15.0. The summed E-state index contributed by atoms with van der Waals surface area (Å²) < 4.78 is 0. The first-order valence-electron chi connectivity index (χ1n) is 8.16. The quantitative estimate of drug-likeness (QED) is 0.539. The van der Waals surface area contributed by atoms with Crippen molar-refractivity contribution in [1.29, 1.82) is 5.26 Å². The number of aromatic amines is 1. The summed E-state index contributed by atoms with van der Waals surface area (Å²) in [5, 5.41) is 18.0. The molecular weight excluding hydrogens is 380 g/mol. The number of carbonyl (C=O) groups excluding carboxylic acids is 1. The Morgan fingerprint density at radius 1 is 1.18 bits per heavy atom. The maximum atomic E-state index is 12.4. The standard InChI is InChI=1S/C19H15ClN6O2/c1-22-19(28)24-14-4-2-3-11(9-14)16-15(10-21)17(27)26-18(25-16)23-13-7-5-12(20)6-8-13/h2-9H,1H3,(H2,22,24,28)(H2,23,25,26,27). The van der Waals surface area contributed by atoms with Crippen LogP contribution in [0.4, 0.5) is 22.1 Å². The fourth-order valence-electron chi connectivity index (χ4n) is 2.45. The van der Waals surface area contributed by atoms with E-state index in [1.807, 2.05) is 6.07 Å². The van der Waals surface area contributed by atoms with Crippen LogP contribution in [-0.4, -0.2) is 23.0 Å². The van der Waals surface area contributed by atoms with Gasteiger partial charge in [-0.1, -0.05) is 23.7 Å². The van der Waals surface area contributed by atoms with E-state index >= 15 is 0 Å². The minimum Gasteiger partial charge on any atom is -0.341 e. The van der Waals surface area contributed by atoms with E-state index in [4.69, 9.17) is 11.6 Å². The second-order valence-electron chi connectivity index (χ2n) is 5.67. The van der Waals surface area contributed by atoms with E-state index in [0.29, 0.717) is 22.0 Å². The number of aromatic nitrogens is 2. The van der Waals surface area contributed by atoms with Gasteiger partial charge >= 0.3 is 6.03 Å². The summed E-state index contributed by atoms with van der Waals surface area (Å²) in [4.78, 5) is 30.8. The van der Waals surface area contributed by atoms with Crippen LogP contribution in [0.15, 0.2) is 53.3 Å². The van der Waals surface area contributed by atoms with Gasteiger partial charge in [-0.3, -0.25) is 9.78 Å². The van der Waals surface area contributed by atoms with Gasteiger partial charge in [0.1, 0.15) is 11.6 Å². The molecule has 3 aromatic rings. The van der Waals surface area contributed by atoms with E-state index in [1.165, 1.54) is 7.05 Å². The molecule has 0 fully saturated rings. The molecule has 0 saturated heterocycles. The van der Waals surface area contributed by atoms with Crippen molar-refractivity contribution in [1.82, 2.24) is 15.3 Å². The van der Waals surface area contributed by atoms with Crippen molar-refractivity contribution in [3.8, 4) is 17.3 Å². The Morgan fingerprint density at radius 3 is 2.61 bits per heavy atom. The molecule has 1 heterocycles. The fourth-order valence-corrected chi connectivity index (χ4v) is 2.58. The number of carbonyl (C=O) groups is 1. The normalized spacial score (nSPS) is 10.0. The van der Waals surface area contributed by atoms with Gasteiger partial charge in [0.25, 0.3) is 5.56 Å². The number of halogens is 1.